The maximum absolute atomic E-state index is 12.0. The zero-order chi connectivity index (χ0) is 13.7. The van der Waals surface area contributed by atoms with Gasteiger partial charge in [-0.25, -0.2) is 0 Å². The Hall–Kier alpha value is -1.03. The third kappa shape index (κ3) is 4.53. The minimum absolute atomic E-state index is 0.191. The van der Waals surface area contributed by atoms with E-state index < -0.39 is 0 Å². The molecule has 1 amide bonds. The number of piperidine rings is 1. The number of carbonyl (C=O) groups excluding carboxylic acids is 1. The van der Waals surface area contributed by atoms with Gasteiger partial charge in [-0.1, -0.05) is 28.1 Å². The molecule has 104 valence electrons. The predicted octanol–water partition coefficient (Wildman–Crippen LogP) is 3.15. The van der Waals surface area contributed by atoms with Crippen molar-refractivity contribution in [1.82, 2.24) is 4.90 Å². The largest absolute Gasteiger partial charge is 0.493 e. The zero-order valence-corrected chi connectivity index (χ0v) is 12.9. The molecule has 1 aromatic carbocycles. The summed E-state index contributed by atoms with van der Waals surface area (Å²) in [5.41, 5.74) is 1.17. The van der Waals surface area contributed by atoms with E-state index in [2.05, 4.69) is 15.9 Å². The number of carbonyl (C=O) groups is 1. The zero-order valence-electron chi connectivity index (χ0n) is 11.3. The number of hydrogen-bond donors (Lipinski definition) is 0. The summed E-state index contributed by atoms with van der Waals surface area (Å²) in [5, 5.41) is 0. The second kappa shape index (κ2) is 6.94. The normalized spacial score (nSPS) is 19.3. The number of benzene rings is 1. The second-order valence-corrected chi connectivity index (χ2v) is 6.29. The Morgan fingerprint density at radius 1 is 1.53 bits per heavy atom. The highest BCUT2D eigenvalue weighted by molar-refractivity contribution is 9.09. The SMILES string of the molecule is Cc1cccc(OCCC(=O)N2CCCC(Br)C2)c1. The van der Waals surface area contributed by atoms with Crippen LogP contribution >= 0.6 is 15.9 Å². The van der Waals surface area contributed by atoms with Crippen LogP contribution in [0, 0.1) is 6.92 Å². The first-order valence-electron chi connectivity index (χ1n) is 6.76. The molecule has 0 aliphatic carbocycles. The number of rotatable bonds is 4. The smallest absolute Gasteiger partial charge is 0.226 e. The molecule has 2 rings (SSSR count). The lowest BCUT2D eigenvalue weighted by Gasteiger charge is -2.30. The van der Waals surface area contributed by atoms with Gasteiger partial charge in [0.25, 0.3) is 0 Å². The van der Waals surface area contributed by atoms with Crippen molar-refractivity contribution in [3.05, 3.63) is 29.8 Å². The first-order chi connectivity index (χ1) is 9.15. The first kappa shape index (κ1) is 14.4. The van der Waals surface area contributed by atoms with Crippen LogP contribution < -0.4 is 4.74 Å². The maximum Gasteiger partial charge on any atom is 0.226 e. The summed E-state index contributed by atoms with van der Waals surface area (Å²) < 4.78 is 5.62. The molecule has 1 heterocycles. The van der Waals surface area contributed by atoms with E-state index in [-0.39, 0.29) is 5.91 Å². The Morgan fingerprint density at radius 3 is 3.11 bits per heavy atom. The molecule has 0 radical (unpaired) electrons. The number of ether oxygens (including phenoxy) is 1. The molecule has 1 aliphatic rings. The summed E-state index contributed by atoms with van der Waals surface area (Å²) in [6, 6.07) is 7.90. The lowest BCUT2D eigenvalue weighted by molar-refractivity contribution is -0.132. The van der Waals surface area contributed by atoms with Crippen LogP contribution in [-0.4, -0.2) is 35.3 Å². The summed E-state index contributed by atoms with van der Waals surface area (Å²) in [6.45, 7) is 4.18. The van der Waals surface area contributed by atoms with E-state index in [0.29, 0.717) is 17.9 Å². The molecular weight excluding hydrogens is 306 g/mol. The van der Waals surface area contributed by atoms with Gasteiger partial charge < -0.3 is 9.64 Å². The molecule has 4 heteroatoms. The van der Waals surface area contributed by atoms with Crippen LogP contribution in [0.4, 0.5) is 0 Å². The number of hydrogen-bond acceptors (Lipinski definition) is 2. The van der Waals surface area contributed by atoms with Crippen molar-refractivity contribution in [3.8, 4) is 5.75 Å². The van der Waals surface area contributed by atoms with Crippen LogP contribution in [0.15, 0.2) is 24.3 Å². The maximum atomic E-state index is 12.0. The van der Waals surface area contributed by atoms with Crippen molar-refractivity contribution in [1.29, 1.82) is 0 Å². The van der Waals surface area contributed by atoms with E-state index in [4.69, 9.17) is 4.74 Å². The van der Waals surface area contributed by atoms with Crippen LogP contribution in [0.5, 0.6) is 5.75 Å². The van der Waals surface area contributed by atoms with Gasteiger partial charge in [0.05, 0.1) is 13.0 Å². The number of amides is 1. The minimum atomic E-state index is 0.191. The van der Waals surface area contributed by atoms with Gasteiger partial charge in [-0.3, -0.25) is 4.79 Å². The van der Waals surface area contributed by atoms with Crippen LogP contribution in [0.1, 0.15) is 24.8 Å². The third-order valence-electron chi connectivity index (χ3n) is 3.29. The molecule has 0 spiro atoms. The van der Waals surface area contributed by atoms with Crippen molar-refractivity contribution >= 4 is 21.8 Å². The van der Waals surface area contributed by atoms with E-state index in [9.17, 15) is 4.79 Å². The van der Waals surface area contributed by atoms with Gasteiger partial charge in [-0.15, -0.1) is 0 Å². The molecule has 1 atom stereocenters. The quantitative estimate of drug-likeness (QED) is 0.796. The molecule has 1 aromatic rings. The average molecular weight is 326 g/mol. The van der Waals surface area contributed by atoms with Crippen molar-refractivity contribution in [2.75, 3.05) is 19.7 Å². The Labute approximate surface area is 123 Å². The molecule has 19 heavy (non-hydrogen) atoms. The van der Waals surface area contributed by atoms with Crippen LogP contribution in [0.3, 0.4) is 0 Å². The molecule has 0 bridgehead atoms. The number of aryl methyl sites for hydroxylation is 1. The molecular formula is C15H20BrNO2. The third-order valence-corrected chi connectivity index (χ3v) is 4.04. The number of alkyl halides is 1. The fraction of sp³-hybridized carbons (Fsp3) is 0.533. The van der Waals surface area contributed by atoms with Crippen molar-refractivity contribution < 1.29 is 9.53 Å². The van der Waals surface area contributed by atoms with Crippen LogP contribution in [0.2, 0.25) is 0 Å². The van der Waals surface area contributed by atoms with Gasteiger partial charge in [0.1, 0.15) is 5.75 Å². The molecule has 3 nitrogen and oxygen atoms in total. The second-order valence-electron chi connectivity index (χ2n) is 4.99. The molecule has 1 unspecified atom stereocenters. The van der Waals surface area contributed by atoms with Gasteiger partial charge in [0.2, 0.25) is 5.91 Å². The number of nitrogens with zero attached hydrogens (tertiary/aromatic N) is 1. The van der Waals surface area contributed by atoms with Gasteiger partial charge in [-0.05, 0) is 37.5 Å². The van der Waals surface area contributed by atoms with Crippen molar-refractivity contribution in [2.24, 2.45) is 0 Å². The van der Waals surface area contributed by atoms with Crippen molar-refractivity contribution in [2.45, 2.75) is 31.0 Å². The van der Waals surface area contributed by atoms with E-state index in [1.807, 2.05) is 36.1 Å². The highest BCUT2D eigenvalue weighted by Crippen LogP contribution is 2.18. The van der Waals surface area contributed by atoms with Crippen molar-refractivity contribution in [3.63, 3.8) is 0 Å². The molecule has 0 N–H and O–H groups in total. The van der Waals surface area contributed by atoms with Crippen LogP contribution in [0.25, 0.3) is 0 Å². The Bertz CT molecular complexity index is 436. The summed E-state index contributed by atoms with van der Waals surface area (Å²) in [4.78, 5) is 14.4. The van der Waals surface area contributed by atoms with E-state index in [0.717, 1.165) is 31.7 Å². The van der Waals surface area contributed by atoms with Gasteiger partial charge >= 0.3 is 0 Å². The summed E-state index contributed by atoms with van der Waals surface area (Å²) in [6.07, 6.45) is 2.69. The van der Waals surface area contributed by atoms with E-state index in [1.165, 1.54) is 5.56 Å². The fourth-order valence-corrected chi connectivity index (χ4v) is 2.94. The molecule has 1 saturated heterocycles. The van der Waals surface area contributed by atoms with Gasteiger partial charge in [0, 0.05) is 17.9 Å². The fourth-order valence-electron chi connectivity index (χ4n) is 2.27. The predicted molar refractivity (Wildman–Crippen MR) is 79.8 cm³/mol. The Kier molecular flexibility index (Phi) is 5.25. The standard InChI is InChI=1S/C15H20BrNO2/c1-12-4-2-6-14(10-12)19-9-7-15(18)17-8-3-5-13(16)11-17/h2,4,6,10,13H,3,5,7-9,11H2,1H3. The molecule has 1 fully saturated rings. The topological polar surface area (TPSA) is 29.5 Å². The lowest BCUT2D eigenvalue weighted by atomic mass is 10.1. The minimum Gasteiger partial charge on any atom is -0.493 e. The van der Waals surface area contributed by atoms with Gasteiger partial charge in [-0.2, -0.15) is 0 Å². The Morgan fingerprint density at radius 2 is 2.37 bits per heavy atom. The summed E-state index contributed by atoms with van der Waals surface area (Å²) in [7, 11) is 0. The Balaban J connectivity index is 1.74. The summed E-state index contributed by atoms with van der Waals surface area (Å²) >= 11 is 3.58. The van der Waals surface area contributed by atoms with E-state index in [1.54, 1.807) is 0 Å². The molecule has 0 saturated carbocycles. The first-order valence-corrected chi connectivity index (χ1v) is 7.68. The number of likely N-dealkylation sites (tertiary alicyclic amines) is 1. The lowest BCUT2D eigenvalue weighted by Crippen LogP contribution is -2.40. The number of halogens is 1. The monoisotopic (exact) mass is 325 g/mol. The average Bonchev–Trinajstić information content (AvgIpc) is 2.38. The highest BCUT2D eigenvalue weighted by Gasteiger charge is 2.21. The van der Waals surface area contributed by atoms with E-state index >= 15 is 0 Å². The molecule has 0 aromatic heterocycles. The summed E-state index contributed by atoms with van der Waals surface area (Å²) in [5.74, 6) is 1.03. The van der Waals surface area contributed by atoms with Gasteiger partial charge in [0.15, 0.2) is 0 Å². The molecule has 1 aliphatic heterocycles. The van der Waals surface area contributed by atoms with Crippen LogP contribution in [-0.2, 0) is 4.79 Å². The highest BCUT2D eigenvalue weighted by atomic mass is 79.9.